The number of rotatable bonds is 4. The van der Waals surface area contributed by atoms with Crippen molar-refractivity contribution in [3.63, 3.8) is 0 Å². The first-order valence-electron chi connectivity index (χ1n) is 7.03. The van der Waals surface area contributed by atoms with Crippen LogP contribution in [0.4, 0.5) is 10.1 Å². The first-order valence-corrected chi connectivity index (χ1v) is 7.41. The van der Waals surface area contributed by atoms with Gasteiger partial charge in [-0.25, -0.2) is 4.39 Å². The molecule has 1 amide bonds. The molecule has 0 aliphatic heterocycles. The van der Waals surface area contributed by atoms with Crippen molar-refractivity contribution in [2.24, 2.45) is 0 Å². The Morgan fingerprint density at radius 3 is 2.58 bits per heavy atom. The number of ether oxygens (including phenoxy) is 2. The number of hydrogen-bond acceptors (Lipinski definition) is 3. The van der Waals surface area contributed by atoms with Crippen LogP contribution in [0.1, 0.15) is 10.5 Å². The van der Waals surface area contributed by atoms with Gasteiger partial charge >= 0.3 is 0 Å². The molecule has 3 aromatic rings. The Bertz CT molecular complexity index is 924. The second-order valence-electron chi connectivity index (χ2n) is 5.03. The van der Waals surface area contributed by atoms with E-state index in [9.17, 15) is 9.18 Å². The number of carbonyl (C=O) groups is 1. The molecular weight excluding hydrogens is 335 g/mol. The van der Waals surface area contributed by atoms with Crippen molar-refractivity contribution in [2.45, 2.75) is 0 Å². The summed E-state index contributed by atoms with van der Waals surface area (Å²) in [5.41, 5.74) is 1.16. The number of H-pyrrole nitrogens is 1. The van der Waals surface area contributed by atoms with Crippen molar-refractivity contribution < 1.29 is 18.7 Å². The van der Waals surface area contributed by atoms with Crippen LogP contribution < -0.4 is 14.8 Å². The highest BCUT2D eigenvalue weighted by molar-refractivity contribution is 6.32. The number of aromatic nitrogens is 1. The van der Waals surface area contributed by atoms with Gasteiger partial charge in [-0.15, -0.1) is 0 Å². The Morgan fingerprint density at radius 2 is 1.92 bits per heavy atom. The largest absolute Gasteiger partial charge is 0.495 e. The summed E-state index contributed by atoms with van der Waals surface area (Å²) in [7, 11) is 2.94. The van der Waals surface area contributed by atoms with Crippen LogP contribution in [-0.4, -0.2) is 25.1 Å². The monoisotopic (exact) mass is 348 g/mol. The van der Waals surface area contributed by atoms with E-state index < -0.39 is 11.7 Å². The molecule has 0 unspecified atom stereocenters. The van der Waals surface area contributed by atoms with Crippen LogP contribution in [0.25, 0.3) is 10.9 Å². The first-order chi connectivity index (χ1) is 11.5. The lowest BCUT2D eigenvalue weighted by Crippen LogP contribution is -2.13. The molecule has 7 heteroatoms. The van der Waals surface area contributed by atoms with Crippen molar-refractivity contribution in [2.75, 3.05) is 19.5 Å². The highest BCUT2D eigenvalue weighted by atomic mass is 35.5. The van der Waals surface area contributed by atoms with Crippen molar-refractivity contribution >= 4 is 34.1 Å². The third-order valence-corrected chi connectivity index (χ3v) is 3.87. The molecule has 5 nitrogen and oxygen atoms in total. The van der Waals surface area contributed by atoms with E-state index in [0.29, 0.717) is 33.1 Å². The Kier molecular flexibility index (Phi) is 4.31. The molecule has 2 N–H and O–H groups in total. The zero-order chi connectivity index (χ0) is 17.3. The van der Waals surface area contributed by atoms with Gasteiger partial charge in [-0.05, 0) is 18.2 Å². The molecule has 1 heterocycles. The van der Waals surface area contributed by atoms with E-state index in [1.54, 1.807) is 24.3 Å². The summed E-state index contributed by atoms with van der Waals surface area (Å²) in [4.78, 5) is 15.3. The summed E-state index contributed by atoms with van der Waals surface area (Å²) in [6.45, 7) is 0. The summed E-state index contributed by atoms with van der Waals surface area (Å²) in [5, 5.41) is 3.42. The van der Waals surface area contributed by atoms with Crippen LogP contribution in [0.2, 0.25) is 5.02 Å². The molecule has 3 rings (SSSR count). The first kappa shape index (κ1) is 16.1. The molecule has 0 saturated carbocycles. The molecule has 0 aliphatic rings. The van der Waals surface area contributed by atoms with E-state index in [0.717, 1.165) is 0 Å². The quantitative estimate of drug-likeness (QED) is 0.741. The van der Waals surface area contributed by atoms with Crippen molar-refractivity contribution in [1.29, 1.82) is 0 Å². The Morgan fingerprint density at radius 1 is 1.17 bits per heavy atom. The highest BCUT2D eigenvalue weighted by Gasteiger charge is 2.16. The lowest BCUT2D eigenvalue weighted by molar-refractivity contribution is 0.102. The minimum Gasteiger partial charge on any atom is -0.495 e. The molecule has 1 aromatic heterocycles. The number of anilines is 1. The molecule has 24 heavy (non-hydrogen) atoms. The van der Waals surface area contributed by atoms with Gasteiger partial charge in [0.1, 0.15) is 23.0 Å². The van der Waals surface area contributed by atoms with E-state index in [2.05, 4.69) is 10.3 Å². The maximum absolute atomic E-state index is 13.7. The second-order valence-corrected chi connectivity index (χ2v) is 5.43. The van der Waals surface area contributed by atoms with Crippen molar-refractivity contribution in [3.05, 3.63) is 52.9 Å². The number of halogens is 2. The number of carbonyl (C=O) groups excluding carboxylic acids is 1. The van der Waals surface area contributed by atoms with Crippen molar-refractivity contribution in [3.8, 4) is 11.5 Å². The molecule has 0 radical (unpaired) electrons. The smallest absolute Gasteiger partial charge is 0.272 e. The SMILES string of the molecule is COc1cc(NC(=O)c2cc3c(F)cccc3[nH]2)c(OC)cc1Cl. The average molecular weight is 349 g/mol. The fraction of sp³-hybridized carbons (Fsp3) is 0.118. The predicted molar refractivity (Wildman–Crippen MR) is 90.8 cm³/mol. The average Bonchev–Trinajstić information content (AvgIpc) is 3.01. The number of hydrogen-bond donors (Lipinski definition) is 2. The molecule has 0 spiro atoms. The number of aromatic amines is 1. The lowest BCUT2D eigenvalue weighted by atomic mass is 10.2. The molecule has 0 fully saturated rings. The van der Waals surface area contributed by atoms with E-state index >= 15 is 0 Å². The van der Waals surface area contributed by atoms with Gasteiger partial charge in [0.25, 0.3) is 5.91 Å². The van der Waals surface area contributed by atoms with Crippen LogP contribution in [-0.2, 0) is 0 Å². The molecule has 124 valence electrons. The minimum absolute atomic E-state index is 0.228. The lowest BCUT2D eigenvalue weighted by Gasteiger charge is -2.12. The number of nitrogens with one attached hydrogen (secondary N) is 2. The number of benzene rings is 2. The van der Waals surface area contributed by atoms with Crippen LogP contribution in [0.5, 0.6) is 11.5 Å². The Balaban J connectivity index is 1.95. The van der Waals surface area contributed by atoms with Crippen LogP contribution in [0, 0.1) is 5.82 Å². The fourth-order valence-corrected chi connectivity index (χ4v) is 2.62. The number of fused-ring (bicyclic) bond motifs is 1. The standard InChI is InChI=1S/C17H14ClFN2O3/c1-23-15-8-13(16(24-2)7-10(15)18)21-17(22)14-6-9-11(19)4-3-5-12(9)20-14/h3-8,20H,1-2H3,(H,21,22). The van der Waals surface area contributed by atoms with Gasteiger partial charge in [-0.1, -0.05) is 17.7 Å². The molecule has 0 saturated heterocycles. The molecule has 0 aliphatic carbocycles. The van der Waals surface area contributed by atoms with Gasteiger partial charge in [0.15, 0.2) is 0 Å². The van der Waals surface area contributed by atoms with Gasteiger partial charge in [-0.2, -0.15) is 0 Å². The third-order valence-electron chi connectivity index (χ3n) is 3.58. The van der Waals surface area contributed by atoms with Crippen LogP contribution >= 0.6 is 11.6 Å². The summed E-state index contributed by atoms with van der Waals surface area (Å²) >= 11 is 6.04. The fourth-order valence-electron chi connectivity index (χ4n) is 2.39. The number of methoxy groups -OCH3 is 2. The van der Waals surface area contributed by atoms with E-state index in [4.69, 9.17) is 21.1 Å². The van der Waals surface area contributed by atoms with Gasteiger partial charge in [0.05, 0.1) is 24.9 Å². The van der Waals surface area contributed by atoms with E-state index in [1.807, 2.05) is 0 Å². The normalized spacial score (nSPS) is 10.7. The minimum atomic E-state index is -0.437. The van der Waals surface area contributed by atoms with Crippen LogP contribution in [0.3, 0.4) is 0 Å². The van der Waals surface area contributed by atoms with Gasteiger partial charge in [0.2, 0.25) is 0 Å². The maximum Gasteiger partial charge on any atom is 0.272 e. The summed E-state index contributed by atoms with van der Waals surface area (Å²) < 4.78 is 24.1. The predicted octanol–water partition coefficient (Wildman–Crippen LogP) is 4.23. The zero-order valence-electron chi connectivity index (χ0n) is 12.9. The van der Waals surface area contributed by atoms with Gasteiger partial charge in [-0.3, -0.25) is 4.79 Å². The molecule has 2 aromatic carbocycles. The second kappa shape index (κ2) is 6.41. The van der Waals surface area contributed by atoms with Gasteiger partial charge < -0.3 is 19.8 Å². The van der Waals surface area contributed by atoms with E-state index in [1.165, 1.54) is 26.4 Å². The maximum atomic E-state index is 13.7. The molecule has 0 atom stereocenters. The third kappa shape index (κ3) is 2.88. The number of amides is 1. The summed E-state index contributed by atoms with van der Waals surface area (Å²) in [6, 6.07) is 9.16. The van der Waals surface area contributed by atoms with Crippen molar-refractivity contribution in [1.82, 2.24) is 4.98 Å². The topological polar surface area (TPSA) is 63.3 Å². The Hall–Kier alpha value is -2.73. The highest BCUT2D eigenvalue weighted by Crippen LogP contribution is 2.36. The molecule has 0 bridgehead atoms. The Labute approximate surface area is 142 Å². The van der Waals surface area contributed by atoms with Gasteiger partial charge in [0, 0.05) is 23.0 Å². The van der Waals surface area contributed by atoms with Crippen LogP contribution in [0.15, 0.2) is 36.4 Å². The van der Waals surface area contributed by atoms with E-state index in [-0.39, 0.29) is 5.69 Å². The molecular formula is C17H14ClFN2O3. The summed E-state index contributed by atoms with van der Waals surface area (Å²) in [6.07, 6.45) is 0. The zero-order valence-corrected chi connectivity index (χ0v) is 13.7. The summed E-state index contributed by atoms with van der Waals surface area (Å²) in [5.74, 6) is -0.0475.